The van der Waals surface area contributed by atoms with Crippen molar-refractivity contribution in [3.05, 3.63) is 24.0 Å². The van der Waals surface area contributed by atoms with Crippen LogP contribution in [0.15, 0.2) is 18.5 Å². The number of aromatic amines is 1. The highest BCUT2D eigenvalue weighted by molar-refractivity contribution is 6.04. The number of nitrogens with zero attached hydrogens (tertiary/aromatic N) is 2. The van der Waals surface area contributed by atoms with E-state index < -0.39 is 0 Å². The first-order chi connectivity index (χ1) is 12.7. The van der Waals surface area contributed by atoms with E-state index in [-0.39, 0.29) is 5.97 Å². The number of fused-ring (bicyclic) bond motifs is 1. The Morgan fingerprint density at radius 3 is 3.19 bits per heavy atom. The molecule has 0 radical (unpaired) electrons. The van der Waals surface area contributed by atoms with Crippen LogP contribution in [0, 0.1) is 17.2 Å². The van der Waals surface area contributed by atoms with E-state index in [1.165, 1.54) is 6.42 Å². The molecule has 6 heteroatoms. The van der Waals surface area contributed by atoms with Gasteiger partial charge in [-0.2, -0.15) is 5.26 Å². The summed E-state index contributed by atoms with van der Waals surface area (Å²) in [4.78, 5) is 19.9. The second-order valence-electron chi connectivity index (χ2n) is 6.99. The van der Waals surface area contributed by atoms with Crippen LogP contribution >= 0.6 is 0 Å². The van der Waals surface area contributed by atoms with Gasteiger partial charge in [0.2, 0.25) is 0 Å². The van der Waals surface area contributed by atoms with Crippen LogP contribution in [0.4, 0.5) is 5.69 Å². The molecule has 2 aromatic heterocycles. The highest BCUT2D eigenvalue weighted by Crippen LogP contribution is 2.33. The van der Waals surface area contributed by atoms with Crippen molar-refractivity contribution in [1.29, 1.82) is 5.26 Å². The van der Waals surface area contributed by atoms with E-state index in [1.54, 1.807) is 6.20 Å². The van der Waals surface area contributed by atoms with Gasteiger partial charge in [0.1, 0.15) is 11.2 Å². The number of anilines is 1. The minimum absolute atomic E-state index is 0.297. The monoisotopic (exact) mass is 354 g/mol. The summed E-state index contributed by atoms with van der Waals surface area (Å²) in [6.07, 6.45) is 10.2. The van der Waals surface area contributed by atoms with E-state index >= 15 is 0 Å². The molecule has 1 aliphatic rings. The standard InChI is InChI=1S/C20H26N4O2/c1-2-11-26-20(25)17-13-23-19-16(8-10-22-19)18(17)24-15-7-3-5-14(12-15)6-4-9-21/h8,10,13-15H,2-7,11-12H2,1H3,(H2,22,23,24)/t14-,15-/m0/s1. The van der Waals surface area contributed by atoms with E-state index in [0.29, 0.717) is 30.6 Å². The maximum Gasteiger partial charge on any atom is 0.341 e. The molecule has 0 amide bonds. The lowest BCUT2D eigenvalue weighted by Crippen LogP contribution is -2.28. The predicted molar refractivity (Wildman–Crippen MR) is 101 cm³/mol. The SMILES string of the molecule is CCCOC(=O)c1cnc2[nH]ccc2c1N[C@H]1CCC[C@@H](CCC#N)C1. The van der Waals surface area contributed by atoms with Gasteiger partial charge >= 0.3 is 5.97 Å². The number of ether oxygens (including phenoxy) is 1. The third kappa shape index (κ3) is 4.16. The number of nitrogens with one attached hydrogen (secondary N) is 2. The normalized spacial score (nSPS) is 19.8. The average Bonchev–Trinajstić information content (AvgIpc) is 3.14. The Balaban J connectivity index is 1.82. The van der Waals surface area contributed by atoms with Crippen molar-refractivity contribution in [2.24, 2.45) is 5.92 Å². The summed E-state index contributed by atoms with van der Waals surface area (Å²) in [5.41, 5.74) is 2.06. The second-order valence-corrected chi connectivity index (χ2v) is 6.99. The Morgan fingerprint density at radius 2 is 2.38 bits per heavy atom. The minimum atomic E-state index is -0.332. The molecule has 0 unspecified atom stereocenters. The lowest BCUT2D eigenvalue weighted by molar-refractivity contribution is 0.0506. The molecule has 2 heterocycles. The number of carbonyl (C=O) groups excluding carboxylic acids is 1. The molecule has 3 rings (SSSR count). The van der Waals surface area contributed by atoms with Crippen LogP contribution in [0.1, 0.15) is 62.2 Å². The smallest absolute Gasteiger partial charge is 0.341 e. The van der Waals surface area contributed by atoms with E-state index in [4.69, 9.17) is 10.00 Å². The molecule has 0 aliphatic heterocycles. The molecule has 2 N–H and O–H groups in total. The zero-order valence-corrected chi connectivity index (χ0v) is 15.3. The number of H-pyrrole nitrogens is 1. The van der Waals surface area contributed by atoms with Crippen molar-refractivity contribution >= 4 is 22.7 Å². The number of pyridine rings is 1. The van der Waals surface area contributed by atoms with Crippen molar-refractivity contribution in [1.82, 2.24) is 9.97 Å². The summed E-state index contributed by atoms with van der Waals surface area (Å²) in [7, 11) is 0. The van der Waals surface area contributed by atoms with Crippen molar-refractivity contribution in [2.75, 3.05) is 11.9 Å². The lowest BCUT2D eigenvalue weighted by Gasteiger charge is -2.30. The van der Waals surface area contributed by atoms with Crippen molar-refractivity contribution in [3.63, 3.8) is 0 Å². The number of carbonyl (C=O) groups is 1. The highest BCUT2D eigenvalue weighted by Gasteiger charge is 2.25. The van der Waals surface area contributed by atoms with Crippen molar-refractivity contribution in [2.45, 2.75) is 57.9 Å². The third-order valence-electron chi connectivity index (χ3n) is 5.04. The molecular formula is C20H26N4O2. The first-order valence-electron chi connectivity index (χ1n) is 9.49. The number of aromatic nitrogens is 2. The number of hydrogen-bond donors (Lipinski definition) is 2. The van der Waals surface area contributed by atoms with Crippen LogP contribution in [-0.4, -0.2) is 28.6 Å². The summed E-state index contributed by atoms with van der Waals surface area (Å²) < 4.78 is 5.34. The van der Waals surface area contributed by atoms with Crippen LogP contribution in [-0.2, 0) is 4.74 Å². The lowest BCUT2D eigenvalue weighted by atomic mass is 9.83. The molecule has 2 atom stereocenters. The Hall–Kier alpha value is -2.55. The molecule has 1 fully saturated rings. The van der Waals surface area contributed by atoms with Crippen molar-refractivity contribution < 1.29 is 9.53 Å². The van der Waals surface area contributed by atoms with Gasteiger partial charge in [0.05, 0.1) is 18.4 Å². The van der Waals surface area contributed by atoms with Gasteiger partial charge in [0.25, 0.3) is 0 Å². The maximum absolute atomic E-state index is 12.5. The molecule has 0 aromatic carbocycles. The van der Waals surface area contributed by atoms with Gasteiger partial charge < -0.3 is 15.0 Å². The average molecular weight is 354 g/mol. The Bertz CT molecular complexity index is 793. The molecule has 6 nitrogen and oxygen atoms in total. The third-order valence-corrected chi connectivity index (χ3v) is 5.04. The predicted octanol–water partition coefficient (Wildman–Crippen LogP) is 4.40. The molecular weight excluding hydrogens is 328 g/mol. The van der Waals surface area contributed by atoms with Crippen LogP contribution < -0.4 is 5.32 Å². The van der Waals surface area contributed by atoms with Crippen LogP contribution in [0.25, 0.3) is 11.0 Å². The summed E-state index contributed by atoms with van der Waals surface area (Å²) in [5, 5.41) is 13.3. The van der Waals surface area contributed by atoms with Gasteiger partial charge in [-0.3, -0.25) is 0 Å². The Labute approximate surface area is 153 Å². The molecule has 26 heavy (non-hydrogen) atoms. The van der Waals surface area contributed by atoms with E-state index in [1.807, 2.05) is 19.2 Å². The number of hydrogen-bond acceptors (Lipinski definition) is 5. The number of esters is 1. The molecule has 0 spiro atoms. The number of nitriles is 1. The van der Waals surface area contributed by atoms with E-state index in [0.717, 1.165) is 48.8 Å². The van der Waals surface area contributed by atoms with Crippen LogP contribution in [0.2, 0.25) is 0 Å². The van der Waals surface area contributed by atoms with Gasteiger partial charge in [-0.25, -0.2) is 9.78 Å². The largest absolute Gasteiger partial charge is 0.462 e. The minimum Gasteiger partial charge on any atom is -0.462 e. The first-order valence-corrected chi connectivity index (χ1v) is 9.49. The van der Waals surface area contributed by atoms with E-state index in [2.05, 4.69) is 21.4 Å². The fourth-order valence-electron chi connectivity index (χ4n) is 3.75. The van der Waals surface area contributed by atoms with Crippen LogP contribution in [0.3, 0.4) is 0 Å². The van der Waals surface area contributed by atoms with Gasteiger partial charge in [-0.05, 0) is 37.7 Å². The fraction of sp³-hybridized carbons (Fsp3) is 0.550. The molecule has 2 aromatic rings. The number of rotatable bonds is 7. The highest BCUT2D eigenvalue weighted by atomic mass is 16.5. The van der Waals surface area contributed by atoms with Crippen LogP contribution in [0.5, 0.6) is 0 Å². The molecule has 138 valence electrons. The summed E-state index contributed by atoms with van der Waals surface area (Å²) in [6.45, 7) is 2.38. The zero-order valence-electron chi connectivity index (χ0n) is 15.3. The van der Waals surface area contributed by atoms with E-state index in [9.17, 15) is 4.79 Å². The zero-order chi connectivity index (χ0) is 18.4. The topological polar surface area (TPSA) is 90.8 Å². The molecule has 1 saturated carbocycles. The van der Waals surface area contributed by atoms with Crippen molar-refractivity contribution in [3.8, 4) is 6.07 Å². The Morgan fingerprint density at radius 1 is 1.50 bits per heavy atom. The van der Waals surface area contributed by atoms with Gasteiger partial charge in [-0.1, -0.05) is 19.8 Å². The van der Waals surface area contributed by atoms with Gasteiger partial charge in [0.15, 0.2) is 0 Å². The molecule has 0 saturated heterocycles. The molecule has 0 bridgehead atoms. The summed E-state index contributed by atoms with van der Waals surface area (Å²) >= 11 is 0. The summed E-state index contributed by atoms with van der Waals surface area (Å²) in [5.74, 6) is 0.238. The Kier molecular flexibility index (Phi) is 6.11. The van der Waals surface area contributed by atoms with Gasteiger partial charge in [0, 0.05) is 30.2 Å². The second kappa shape index (κ2) is 8.70. The maximum atomic E-state index is 12.5. The first kappa shape index (κ1) is 18.2. The fourth-order valence-corrected chi connectivity index (χ4v) is 3.75. The summed E-state index contributed by atoms with van der Waals surface area (Å²) in [6, 6.07) is 4.49. The molecule has 1 aliphatic carbocycles. The quantitative estimate of drug-likeness (QED) is 0.719. The van der Waals surface area contributed by atoms with Gasteiger partial charge in [-0.15, -0.1) is 0 Å².